The first-order valence-corrected chi connectivity index (χ1v) is 11.3. The van der Waals surface area contributed by atoms with Crippen molar-refractivity contribution in [1.82, 2.24) is 5.01 Å². The monoisotopic (exact) mass is 476 g/mol. The Morgan fingerprint density at radius 2 is 1.94 bits per heavy atom. The van der Waals surface area contributed by atoms with Gasteiger partial charge in [0.05, 0.1) is 16.0 Å². The summed E-state index contributed by atoms with van der Waals surface area (Å²) in [4.78, 5) is 29.9. The number of hydrazone groups is 1. The molecule has 0 aliphatic carbocycles. The Balaban J connectivity index is 1.38. The van der Waals surface area contributed by atoms with Gasteiger partial charge < -0.3 is 4.74 Å². The molecular weight excluding hydrogens is 463 g/mol. The maximum atomic E-state index is 13.1. The van der Waals surface area contributed by atoms with Crippen LogP contribution < -0.4 is 4.74 Å². The van der Waals surface area contributed by atoms with E-state index in [9.17, 15) is 14.0 Å². The van der Waals surface area contributed by atoms with Gasteiger partial charge in [-0.1, -0.05) is 18.2 Å². The fourth-order valence-corrected chi connectivity index (χ4v) is 4.76. The Morgan fingerprint density at radius 3 is 2.70 bits per heavy atom. The molecule has 5 rings (SSSR count). The summed E-state index contributed by atoms with van der Waals surface area (Å²) in [5, 5.41) is 17.2. The summed E-state index contributed by atoms with van der Waals surface area (Å²) in [7, 11) is 0. The van der Waals surface area contributed by atoms with Gasteiger partial charge in [-0.05, 0) is 71.2 Å². The predicted octanol–water partition coefficient (Wildman–Crippen LogP) is 4.77. The summed E-state index contributed by atoms with van der Waals surface area (Å²) >= 11 is 2.76. The van der Waals surface area contributed by atoms with Crippen LogP contribution in [0.15, 0.2) is 81.7 Å². The van der Waals surface area contributed by atoms with Gasteiger partial charge in [0.25, 0.3) is 5.91 Å². The van der Waals surface area contributed by atoms with Crippen molar-refractivity contribution in [2.24, 2.45) is 10.1 Å². The number of aliphatic imine (C=N–C) groups is 1. The number of rotatable bonds is 4. The lowest BCUT2D eigenvalue weighted by Gasteiger charge is -2.20. The number of nitrogens with zero attached hydrogens (tertiary/aromatic N) is 3. The number of hydrogen-bond donors (Lipinski definition) is 1. The number of fused-ring (bicyclic) bond motifs is 1. The fraction of sp³-hybridized carbons (Fsp3) is 0. The highest BCUT2D eigenvalue weighted by Gasteiger charge is 2.36. The maximum Gasteiger partial charge on any atom is 0.343 e. The zero-order valence-electron chi connectivity index (χ0n) is 16.7. The van der Waals surface area contributed by atoms with E-state index in [0.29, 0.717) is 15.8 Å². The van der Waals surface area contributed by atoms with Crippen molar-refractivity contribution in [2.45, 2.75) is 0 Å². The molecule has 33 heavy (non-hydrogen) atoms. The number of amides is 1. The molecule has 3 aromatic rings. The van der Waals surface area contributed by atoms with E-state index in [1.165, 1.54) is 58.4 Å². The van der Waals surface area contributed by atoms with Gasteiger partial charge in [-0.2, -0.15) is 15.1 Å². The third kappa shape index (κ3) is 4.26. The van der Waals surface area contributed by atoms with Crippen LogP contribution in [0.25, 0.3) is 6.08 Å². The van der Waals surface area contributed by atoms with Crippen molar-refractivity contribution in [2.75, 3.05) is 0 Å². The second kappa shape index (κ2) is 8.57. The highest BCUT2D eigenvalue weighted by Crippen LogP contribution is 2.32. The van der Waals surface area contributed by atoms with Crippen LogP contribution in [0.1, 0.15) is 20.8 Å². The van der Waals surface area contributed by atoms with Gasteiger partial charge in [-0.15, -0.1) is 11.3 Å². The second-order valence-electron chi connectivity index (χ2n) is 6.87. The number of ether oxygens (including phenoxy) is 1. The van der Waals surface area contributed by atoms with Gasteiger partial charge in [0.15, 0.2) is 5.84 Å². The van der Waals surface area contributed by atoms with E-state index in [1.54, 1.807) is 24.3 Å². The van der Waals surface area contributed by atoms with Crippen LogP contribution in [-0.2, 0) is 4.79 Å². The number of benzene rings is 2. The van der Waals surface area contributed by atoms with Crippen molar-refractivity contribution in [1.29, 1.82) is 5.41 Å². The van der Waals surface area contributed by atoms with Crippen LogP contribution in [0.3, 0.4) is 0 Å². The lowest BCUT2D eigenvalue weighted by molar-refractivity contribution is -0.114. The van der Waals surface area contributed by atoms with Gasteiger partial charge in [0, 0.05) is 0 Å². The number of nitrogens with one attached hydrogen (secondary N) is 1. The van der Waals surface area contributed by atoms with Crippen molar-refractivity contribution in [3.8, 4) is 5.75 Å². The van der Waals surface area contributed by atoms with Crippen LogP contribution in [0, 0.1) is 11.2 Å². The van der Waals surface area contributed by atoms with Gasteiger partial charge in [-0.3, -0.25) is 10.2 Å². The lowest BCUT2D eigenvalue weighted by atomic mass is 10.1. The molecule has 0 radical (unpaired) electrons. The van der Waals surface area contributed by atoms with E-state index < -0.39 is 17.7 Å². The second-order valence-corrected chi connectivity index (χ2v) is 8.78. The normalized spacial score (nSPS) is 16.5. The molecule has 1 aromatic heterocycles. The number of esters is 1. The van der Waals surface area contributed by atoms with Crippen molar-refractivity contribution >= 4 is 57.1 Å². The Kier molecular flexibility index (Phi) is 5.45. The zero-order valence-corrected chi connectivity index (χ0v) is 18.3. The van der Waals surface area contributed by atoms with E-state index in [2.05, 4.69) is 10.1 Å². The standard InChI is InChI=1S/C23H13FN4O3S2/c24-15-8-6-14(7-9-15)22(30)31-16-4-1-3-13(11-16)12-17-19(25)28-23(26-20(17)29)33-21(27-28)18-5-2-10-32-18/h1-12,25H/b17-12-,25-19?. The molecule has 0 saturated heterocycles. The maximum absolute atomic E-state index is 13.1. The molecule has 0 saturated carbocycles. The third-order valence-electron chi connectivity index (χ3n) is 4.65. The number of thiophene rings is 1. The number of carbonyl (C=O) groups excluding carboxylic acids is 2. The molecule has 2 aliphatic heterocycles. The first-order chi connectivity index (χ1) is 16.0. The van der Waals surface area contributed by atoms with Crippen LogP contribution in [0.4, 0.5) is 4.39 Å². The summed E-state index contributed by atoms with van der Waals surface area (Å²) in [6, 6.07) is 15.3. The van der Waals surface area contributed by atoms with Gasteiger partial charge in [0.1, 0.15) is 16.6 Å². The van der Waals surface area contributed by atoms with Gasteiger partial charge >= 0.3 is 5.97 Å². The van der Waals surface area contributed by atoms with E-state index in [4.69, 9.17) is 10.1 Å². The average molecular weight is 477 g/mol. The molecule has 2 aromatic carbocycles. The van der Waals surface area contributed by atoms with Crippen molar-refractivity contribution < 1.29 is 18.7 Å². The van der Waals surface area contributed by atoms with Crippen LogP contribution in [0.5, 0.6) is 5.75 Å². The molecule has 0 spiro atoms. The fourth-order valence-electron chi connectivity index (χ4n) is 3.08. The van der Waals surface area contributed by atoms with E-state index in [0.717, 1.165) is 4.88 Å². The van der Waals surface area contributed by atoms with E-state index in [-0.39, 0.29) is 22.7 Å². The highest BCUT2D eigenvalue weighted by atomic mass is 32.2. The molecule has 2 aliphatic rings. The molecule has 1 N–H and O–H groups in total. The molecule has 0 atom stereocenters. The van der Waals surface area contributed by atoms with E-state index in [1.807, 2.05) is 17.5 Å². The molecule has 162 valence electrons. The predicted molar refractivity (Wildman–Crippen MR) is 126 cm³/mol. The molecule has 3 heterocycles. The molecule has 10 heteroatoms. The first-order valence-electron chi connectivity index (χ1n) is 9.60. The third-order valence-corrected chi connectivity index (χ3v) is 6.59. The number of hydrogen-bond acceptors (Lipinski definition) is 7. The largest absolute Gasteiger partial charge is 0.423 e. The number of halogens is 1. The van der Waals surface area contributed by atoms with Crippen LogP contribution in [0.2, 0.25) is 0 Å². The lowest BCUT2D eigenvalue weighted by Crippen LogP contribution is -2.35. The number of carbonyl (C=O) groups is 2. The van der Waals surface area contributed by atoms with Crippen molar-refractivity contribution in [3.05, 3.63) is 93.4 Å². The SMILES string of the molecule is N=C1/C(=C/c2cccc(OC(=O)c3ccc(F)cc3)c2)C(=O)N=C2SC(c3cccs3)=NN12. The summed E-state index contributed by atoms with van der Waals surface area (Å²) in [6.07, 6.45) is 1.50. The minimum Gasteiger partial charge on any atom is -0.423 e. The van der Waals surface area contributed by atoms with Crippen LogP contribution in [-0.4, -0.2) is 32.9 Å². The molecule has 7 nitrogen and oxygen atoms in total. The minimum absolute atomic E-state index is 0.0672. The topological polar surface area (TPSA) is 95.2 Å². The Morgan fingerprint density at radius 1 is 1.12 bits per heavy atom. The van der Waals surface area contributed by atoms with Gasteiger partial charge in [-0.25, -0.2) is 9.18 Å². The summed E-state index contributed by atoms with van der Waals surface area (Å²) < 4.78 is 18.4. The number of amidine groups is 2. The Hall–Kier alpha value is -3.89. The molecule has 0 fully saturated rings. The average Bonchev–Trinajstić information content (AvgIpc) is 3.47. The number of thioether (sulfide) groups is 1. The van der Waals surface area contributed by atoms with Crippen LogP contribution >= 0.6 is 23.1 Å². The van der Waals surface area contributed by atoms with E-state index >= 15 is 0 Å². The molecule has 0 unspecified atom stereocenters. The smallest absolute Gasteiger partial charge is 0.343 e. The summed E-state index contributed by atoms with van der Waals surface area (Å²) in [5.41, 5.74) is 0.815. The molecule has 0 bridgehead atoms. The minimum atomic E-state index is -0.639. The summed E-state index contributed by atoms with van der Waals surface area (Å²) in [5.74, 6) is -1.48. The molecule has 1 amide bonds. The Bertz CT molecular complexity index is 1380. The first kappa shape index (κ1) is 21.0. The van der Waals surface area contributed by atoms with Gasteiger partial charge in [0.2, 0.25) is 5.17 Å². The zero-order chi connectivity index (χ0) is 22.9. The Labute approximate surface area is 195 Å². The van der Waals surface area contributed by atoms with Crippen molar-refractivity contribution in [3.63, 3.8) is 0 Å². The quantitative estimate of drug-likeness (QED) is 0.332. The molecular formula is C23H13FN4O3S2. The highest BCUT2D eigenvalue weighted by molar-refractivity contribution is 8.27. The summed E-state index contributed by atoms with van der Waals surface area (Å²) in [6.45, 7) is 0.